The first-order valence-electron chi connectivity index (χ1n) is 4.99. The lowest BCUT2D eigenvalue weighted by atomic mass is 10.2. The molecule has 2 rings (SSSR count). The van der Waals surface area contributed by atoms with Gasteiger partial charge in [-0.15, -0.1) is 11.3 Å². The molecule has 0 spiro atoms. The van der Waals surface area contributed by atoms with E-state index in [0.29, 0.717) is 6.42 Å². The van der Waals surface area contributed by atoms with E-state index in [1.165, 1.54) is 11.3 Å². The van der Waals surface area contributed by atoms with Crippen LogP contribution in [0.25, 0.3) is 10.2 Å². The molecule has 5 heteroatoms. The van der Waals surface area contributed by atoms with E-state index in [1.807, 2.05) is 24.3 Å². The summed E-state index contributed by atoms with van der Waals surface area (Å²) in [6.45, 7) is 0. The summed E-state index contributed by atoms with van der Waals surface area (Å²) in [6, 6.07) is 7.51. The lowest BCUT2D eigenvalue weighted by molar-refractivity contribution is -0.137. The lowest BCUT2D eigenvalue weighted by Crippen LogP contribution is -2.11. The summed E-state index contributed by atoms with van der Waals surface area (Å²) < 4.78 is 1.09. The van der Waals surface area contributed by atoms with E-state index in [1.54, 1.807) is 0 Å². The zero-order valence-electron chi connectivity index (χ0n) is 8.59. The Morgan fingerprint density at radius 3 is 2.94 bits per heavy atom. The van der Waals surface area contributed by atoms with Gasteiger partial charge in [0.15, 0.2) is 0 Å². The van der Waals surface area contributed by atoms with Crippen LogP contribution in [0, 0.1) is 0 Å². The fourth-order valence-electron chi connectivity index (χ4n) is 1.45. The maximum absolute atomic E-state index is 10.4. The average molecular weight is 236 g/mol. The summed E-state index contributed by atoms with van der Waals surface area (Å²) in [5.41, 5.74) is 6.82. The van der Waals surface area contributed by atoms with Crippen LogP contribution in [0.4, 0.5) is 0 Å². The first kappa shape index (κ1) is 11.0. The van der Waals surface area contributed by atoms with Gasteiger partial charge in [0.25, 0.3) is 0 Å². The van der Waals surface area contributed by atoms with Crippen LogP contribution in [-0.4, -0.2) is 16.1 Å². The van der Waals surface area contributed by atoms with E-state index in [9.17, 15) is 4.79 Å². The number of aliphatic carboxylic acids is 1. The molecule has 0 saturated heterocycles. The molecule has 0 saturated carbocycles. The van der Waals surface area contributed by atoms with Gasteiger partial charge in [0.1, 0.15) is 5.01 Å². The minimum atomic E-state index is -0.823. The van der Waals surface area contributed by atoms with Crippen molar-refractivity contribution in [3.8, 4) is 0 Å². The molecule has 3 N–H and O–H groups in total. The minimum Gasteiger partial charge on any atom is -0.481 e. The van der Waals surface area contributed by atoms with Crippen molar-refractivity contribution in [3.05, 3.63) is 29.3 Å². The van der Waals surface area contributed by atoms with E-state index in [2.05, 4.69) is 4.98 Å². The van der Waals surface area contributed by atoms with E-state index in [4.69, 9.17) is 10.8 Å². The summed E-state index contributed by atoms with van der Waals surface area (Å²) in [5.74, 6) is -0.823. The third-order valence-electron chi connectivity index (χ3n) is 2.30. The number of rotatable bonds is 4. The zero-order chi connectivity index (χ0) is 11.5. The van der Waals surface area contributed by atoms with Crippen molar-refractivity contribution < 1.29 is 9.90 Å². The largest absolute Gasteiger partial charge is 0.481 e. The van der Waals surface area contributed by atoms with Crippen LogP contribution in [0.5, 0.6) is 0 Å². The summed E-state index contributed by atoms with van der Waals surface area (Å²) in [4.78, 5) is 14.8. The number of nitrogens with zero attached hydrogens (tertiary/aromatic N) is 1. The maximum atomic E-state index is 10.4. The molecule has 0 bridgehead atoms. The number of para-hydroxylation sites is 1. The van der Waals surface area contributed by atoms with Crippen LogP contribution in [0.3, 0.4) is 0 Å². The van der Waals surface area contributed by atoms with Gasteiger partial charge in [0, 0.05) is 6.42 Å². The van der Waals surface area contributed by atoms with Crippen molar-refractivity contribution in [1.29, 1.82) is 0 Å². The molecular weight excluding hydrogens is 224 g/mol. The Morgan fingerprint density at radius 1 is 1.50 bits per heavy atom. The van der Waals surface area contributed by atoms with Crippen LogP contribution >= 0.6 is 11.3 Å². The molecular formula is C11H12N2O2S. The number of carbonyl (C=O) groups is 1. The quantitative estimate of drug-likeness (QED) is 0.852. The molecule has 1 atom stereocenters. The van der Waals surface area contributed by atoms with Gasteiger partial charge < -0.3 is 10.8 Å². The molecule has 0 aliphatic rings. The van der Waals surface area contributed by atoms with Crippen molar-refractivity contribution in [2.75, 3.05) is 0 Å². The van der Waals surface area contributed by atoms with Crippen molar-refractivity contribution in [2.45, 2.75) is 18.9 Å². The Labute approximate surface area is 96.7 Å². The van der Waals surface area contributed by atoms with Crippen LogP contribution in [0.1, 0.15) is 23.9 Å². The van der Waals surface area contributed by atoms with Gasteiger partial charge in [0.2, 0.25) is 0 Å². The van der Waals surface area contributed by atoms with Gasteiger partial charge in [-0.05, 0) is 18.6 Å². The summed E-state index contributed by atoms with van der Waals surface area (Å²) in [5, 5.41) is 9.38. The molecule has 1 heterocycles. The third-order valence-corrected chi connectivity index (χ3v) is 3.47. The highest BCUT2D eigenvalue weighted by Crippen LogP contribution is 2.26. The first-order chi connectivity index (χ1) is 7.66. The van der Waals surface area contributed by atoms with Gasteiger partial charge in [-0.2, -0.15) is 0 Å². The minimum absolute atomic E-state index is 0.0804. The first-order valence-corrected chi connectivity index (χ1v) is 5.81. The molecule has 0 amide bonds. The van der Waals surface area contributed by atoms with Crippen LogP contribution in [-0.2, 0) is 4.79 Å². The fourth-order valence-corrected chi connectivity index (χ4v) is 2.45. The van der Waals surface area contributed by atoms with Gasteiger partial charge in [-0.1, -0.05) is 12.1 Å². The molecule has 4 nitrogen and oxygen atoms in total. The van der Waals surface area contributed by atoms with Crippen LogP contribution in [0.15, 0.2) is 24.3 Å². The summed E-state index contributed by atoms with van der Waals surface area (Å²) in [6.07, 6.45) is 0.506. The van der Waals surface area contributed by atoms with Crippen LogP contribution in [0.2, 0.25) is 0 Å². The Balaban J connectivity index is 2.16. The highest BCUT2D eigenvalue weighted by molar-refractivity contribution is 7.18. The molecule has 1 aromatic heterocycles. The molecule has 16 heavy (non-hydrogen) atoms. The number of fused-ring (bicyclic) bond motifs is 1. The number of hydrogen-bond donors (Lipinski definition) is 2. The van der Waals surface area contributed by atoms with E-state index in [-0.39, 0.29) is 12.5 Å². The molecule has 84 valence electrons. The van der Waals surface area contributed by atoms with Gasteiger partial charge >= 0.3 is 5.97 Å². The van der Waals surface area contributed by atoms with Crippen molar-refractivity contribution >= 4 is 27.5 Å². The normalized spacial score (nSPS) is 12.8. The average Bonchev–Trinajstić information content (AvgIpc) is 2.69. The Bertz CT molecular complexity index is 476. The zero-order valence-corrected chi connectivity index (χ0v) is 9.41. The monoisotopic (exact) mass is 236 g/mol. The Kier molecular flexibility index (Phi) is 3.17. The van der Waals surface area contributed by atoms with Gasteiger partial charge in [0.05, 0.1) is 16.3 Å². The van der Waals surface area contributed by atoms with Crippen molar-refractivity contribution in [3.63, 3.8) is 0 Å². The molecule has 0 aliphatic carbocycles. The lowest BCUT2D eigenvalue weighted by Gasteiger charge is -2.04. The Morgan fingerprint density at radius 2 is 2.25 bits per heavy atom. The van der Waals surface area contributed by atoms with E-state index < -0.39 is 5.97 Å². The predicted molar refractivity (Wildman–Crippen MR) is 63.4 cm³/mol. The summed E-state index contributed by atoms with van der Waals surface area (Å²) in [7, 11) is 0. The maximum Gasteiger partial charge on any atom is 0.303 e. The number of aromatic nitrogens is 1. The number of carboxylic acids is 1. The number of hydrogen-bond acceptors (Lipinski definition) is 4. The molecule has 0 fully saturated rings. The standard InChI is InChI=1S/C11H12N2O2S/c12-7(5-6-10(14)15)11-13-8-3-1-2-4-9(8)16-11/h1-4,7H,5-6,12H2,(H,14,15). The number of carboxylic acid groups (broad SMARTS) is 1. The number of benzene rings is 1. The van der Waals surface area contributed by atoms with Gasteiger partial charge in [-0.25, -0.2) is 4.98 Å². The van der Waals surface area contributed by atoms with Gasteiger partial charge in [-0.3, -0.25) is 4.79 Å². The molecule has 2 aromatic rings. The molecule has 1 unspecified atom stereocenters. The van der Waals surface area contributed by atoms with E-state index in [0.717, 1.165) is 15.2 Å². The highest BCUT2D eigenvalue weighted by Gasteiger charge is 2.13. The number of thiazole rings is 1. The second-order valence-corrected chi connectivity index (χ2v) is 4.62. The van der Waals surface area contributed by atoms with E-state index >= 15 is 0 Å². The predicted octanol–water partition coefficient (Wildman–Crippen LogP) is 2.16. The Hall–Kier alpha value is -1.46. The summed E-state index contributed by atoms with van der Waals surface area (Å²) >= 11 is 1.53. The second-order valence-electron chi connectivity index (χ2n) is 3.56. The highest BCUT2D eigenvalue weighted by atomic mass is 32.1. The van der Waals surface area contributed by atoms with Crippen molar-refractivity contribution in [2.24, 2.45) is 5.73 Å². The van der Waals surface area contributed by atoms with Crippen LogP contribution < -0.4 is 5.73 Å². The molecule has 0 aliphatic heterocycles. The smallest absolute Gasteiger partial charge is 0.303 e. The fraction of sp³-hybridized carbons (Fsp3) is 0.273. The second kappa shape index (κ2) is 4.59. The number of nitrogens with two attached hydrogens (primary N) is 1. The van der Waals surface area contributed by atoms with Crippen molar-refractivity contribution in [1.82, 2.24) is 4.98 Å². The molecule has 0 radical (unpaired) electrons. The third kappa shape index (κ3) is 2.37. The SMILES string of the molecule is NC(CCC(=O)O)c1nc2ccccc2s1. The topological polar surface area (TPSA) is 76.2 Å². The molecule has 1 aromatic carbocycles.